The van der Waals surface area contributed by atoms with Crippen LogP contribution in [0, 0.1) is 0 Å². The van der Waals surface area contributed by atoms with E-state index in [1.54, 1.807) is 0 Å². The molecule has 1 saturated heterocycles. The summed E-state index contributed by atoms with van der Waals surface area (Å²) in [5, 5.41) is 5.43. The average Bonchev–Trinajstić information content (AvgIpc) is 2.91. The lowest BCUT2D eigenvalue weighted by Crippen LogP contribution is -2.44. The van der Waals surface area contributed by atoms with Crippen molar-refractivity contribution in [3.8, 4) is 0 Å². The number of pyridine rings is 1. The third-order valence-corrected chi connectivity index (χ3v) is 4.81. The van der Waals surface area contributed by atoms with Crippen LogP contribution >= 0.6 is 0 Å². The van der Waals surface area contributed by atoms with E-state index in [9.17, 15) is 4.79 Å². The monoisotopic (exact) mass is 311 g/mol. The van der Waals surface area contributed by atoms with Crippen LogP contribution in [0.3, 0.4) is 0 Å². The molecule has 1 amide bonds. The minimum absolute atomic E-state index is 0.100. The molecule has 3 rings (SSSR count). The summed E-state index contributed by atoms with van der Waals surface area (Å²) in [6.07, 6.45) is 4.67. The van der Waals surface area contributed by atoms with Crippen molar-refractivity contribution in [2.24, 2.45) is 0 Å². The third kappa shape index (κ3) is 3.37. The Bertz CT molecular complexity index is 705. The van der Waals surface area contributed by atoms with Gasteiger partial charge in [0.05, 0.1) is 11.2 Å². The first-order valence-corrected chi connectivity index (χ1v) is 8.33. The van der Waals surface area contributed by atoms with Gasteiger partial charge in [-0.05, 0) is 51.7 Å². The van der Waals surface area contributed by atoms with Crippen LogP contribution in [0.4, 0.5) is 0 Å². The molecule has 122 valence electrons. The second-order valence-corrected chi connectivity index (χ2v) is 7.03. The summed E-state index contributed by atoms with van der Waals surface area (Å²) in [6, 6.07) is 10.5. The van der Waals surface area contributed by atoms with Gasteiger partial charge in [0.15, 0.2) is 0 Å². The molecule has 2 heterocycles. The summed E-state index contributed by atoms with van der Waals surface area (Å²) in [4.78, 5) is 19.3. The van der Waals surface area contributed by atoms with Gasteiger partial charge in [-0.15, -0.1) is 0 Å². The van der Waals surface area contributed by atoms with Crippen molar-refractivity contribution in [1.82, 2.24) is 15.2 Å². The summed E-state index contributed by atoms with van der Waals surface area (Å²) in [6.45, 7) is 5.14. The molecule has 0 aliphatic carbocycles. The van der Waals surface area contributed by atoms with E-state index in [0.717, 1.165) is 29.4 Å². The van der Waals surface area contributed by atoms with Crippen LogP contribution in [0.15, 0.2) is 36.5 Å². The maximum atomic E-state index is 12.5. The molecule has 4 heteroatoms. The largest absolute Gasteiger partial charge is 0.346 e. The number of benzene rings is 1. The SMILES string of the molecule is CN1CCCC1CC(=O)NC(C)(C)c1nccc2ccccc12. The standard InChI is InChI=1S/C19H25N3O/c1-19(2,21-17(23)13-15-8-6-12-22(15)3)18-16-9-5-4-7-14(16)10-11-20-18/h4-5,7,9-11,15H,6,8,12-13H2,1-3H3,(H,21,23). The van der Waals surface area contributed by atoms with Gasteiger partial charge in [-0.1, -0.05) is 24.3 Å². The van der Waals surface area contributed by atoms with Crippen molar-refractivity contribution < 1.29 is 4.79 Å². The molecular formula is C19H25N3O. The zero-order valence-electron chi connectivity index (χ0n) is 14.2. The first-order valence-electron chi connectivity index (χ1n) is 8.33. The first-order chi connectivity index (χ1) is 11.0. The molecule has 0 saturated carbocycles. The van der Waals surface area contributed by atoms with Crippen LogP contribution in [-0.4, -0.2) is 35.4 Å². The molecule has 1 fully saturated rings. The molecule has 1 aliphatic rings. The minimum Gasteiger partial charge on any atom is -0.346 e. The molecule has 0 spiro atoms. The molecule has 1 aromatic heterocycles. The minimum atomic E-state index is -0.491. The second-order valence-electron chi connectivity index (χ2n) is 7.03. The molecule has 1 aromatic carbocycles. The molecule has 0 radical (unpaired) electrons. The highest BCUT2D eigenvalue weighted by Gasteiger charge is 2.29. The smallest absolute Gasteiger partial charge is 0.222 e. The number of fused-ring (bicyclic) bond motifs is 1. The topological polar surface area (TPSA) is 45.2 Å². The molecule has 1 aliphatic heterocycles. The number of carbonyl (C=O) groups is 1. The van der Waals surface area contributed by atoms with E-state index in [4.69, 9.17) is 0 Å². The van der Waals surface area contributed by atoms with Crippen molar-refractivity contribution in [3.05, 3.63) is 42.2 Å². The lowest BCUT2D eigenvalue weighted by Gasteiger charge is -2.28. The Labute approximate surface area is 137 Å². The zero-order chi connectivity index (χ0) is 16.4. The number of rotatable bonds is 4. The molecule has 1 atom stereocenters. The van der Waals surface area contributed by atoms with Crippen molar-refractivity contribution in [3.63, 3.8) is 0 Å². The number of aromatic nitrogens is 1. The maximum Gasteiger partial charge on any atom is 0.222 e. The molecular weight excluding hydrogens is 286 g/mol. The zero-order valence-corrected chi connectivity index (χ0v) is 14.2. The summed E-state index contributed by atoms with van der Waals surface area (Å²) < 4.78 is 0. The summed E-state index contributed by atoms with van der Waals surface area (Å²) in [7, 11) is 2.10. The lowest BCUT2D eigenvalue weighted by molar-refractivity contribution is -0.123. The van der Waals surface area contributed by atoms with Crippen LogP contribution in [0.2, 0.25) is 0 Å². The van der Waals surface area contributed by atoms with E-state index >= 15 is 0 Å². The highest BCUT2D eigenvalue weighted by Crippen LogP contribution is 2.27. The Morgan fingerprint density at radius 2 is 2.13 bits per heavy atom. The van der Waals surface area contributed by atoms with Crippen molar-refractivity contribution in [2.45, 2.75) is 44.7 Å². The first kappa shape index (κ1) is 15.9. The molecule has 4 nitrogen and oxygen atoms in total. The van der Waals surface area contributed by atoms with Gasteiger partial charge in [0.25, 0.3) is 0 Å². The van der Waals surface area contributed by atoms with E-state index in [0.29, 0.717) is 12.5 Å². The number of nitrogens with one attached hydrogen (secondary N) is 1. The number of amides is 1. The fourth-order valence-corrected chi connectivity index (χ4v) is 3.53. The molecule has 0 bridgehead atoms. The van der Waals surface area contributed by atoms with E-state index in [2.05, 4.69) is 34.4 Å². The highest BCUT2D eigenvalue weighted by atomic mass is 16.1. The van der Waals surface area contributed by atoms with Crippen LogP contribution in [0.25, 0.3) is 10.8 Å². The van der Waals surface area contributed by atoms with Gasteiger partial charge in [-0.2, -0.15) is 0 Å². The van der Waals surface area contributed by atoms with Crippen LogP contribution in [0.5, 0.6) is 0 Å². The molecule has 1 N–H and O–H groups in total. The molecule has 2 aromatic rings. The predicted octanol–water partition coefficient (Wildman–Crippen LogP) is 3.07. The number of nitrogens with zero attached hydrogens (tertiary/aromatic N) is 2. The van der Waals surface area contributed by atoms with Gasteiger partial charge in [0, 0.05) is 24.0 Å². The van der Waals surface area contributed by atoms with Crippen molar-refractivity contribution in [1.29, 1.82) is 0 Å². The predicted molar refractivity (Wildman–Crippen MR) is 93.2 cm³/mol. The van der Waals surface area contributed by atoms with E-state index in [1.165, 1.54) is 6.42 Å². The Morgan fingerprint density at radius 1 is 1.35 bits per heavy atom. The summed E-state index contributed by atoms with van der Waals surface area (Å²) in [5.74, 6) is 0.100. The third-order valence-electron chi connectivity index (χ3n) is 4.81. The van der Waals surface area contributed by atoms with Gasteiger partial charge in [-0.25, -0.2) is 0 Å². The van der Waals surface area contributed by atoms with Gasteiger partial charge in [0.1, 0.15) is 0 Å². The Hall–Kier alpha value is -1.94. The Balaban J connectivity index is 1.79. The van der Waals surface area contributed by atoms with Gasteiger partial charge in [0.2, 0.25) is 5.91 Å². The van der Waals surface area contributed by atoms with E-state index in [1.807, 2.05) is 38.2 Å². The molecule has 23 heavy (non-hydrogen) atoms. The lowest BCUT2D eigenvalue weighted by atomic mass is 9.94. The number of likely N-dealkylation sites (tertiary alicyclic amines) is 1. The average molecular weight is 311 g/mol. The maximum absolute atomic E-state index is 12.5. The van der Waals surface area contributed by atoms with Gasteiger partial charge >= 0.3 is 0 Å². The number of hydrogen-bond donors (Lipinski definition) is 1. The Morgan fingerprint density at radius 3 is 2.87 bits per heavy atom. The van der Waals surface area contributed by atoms with Crippen molar-refractivity contribution >= 4 is 16.7 Å². The molecule has 1 unspecified atom stereocenters. The fraction of sp³-hybridized carbons (Fsp3) is 0.474. The van der Waals surface area contributed by atoms with Crippen LogP contribution in [-0.2, 0) is 10.3 Å². The second kappa shape index (κ2) is 6.28. The van der Waals surface area contributed by atoms with E-state index in [-0.39, 0.29) is 5.91 Å². The quantitative estimate of drug-likeness (QED) is 0.944. The van der Waals surface area contributed by atoms with Gasteiger partial charge in [-0.3, -0.25) is 9.78 Å². The van der Waals surface area contributed by atoms with Crippen LogP contribution < -0.4 is 5.32 Å². The highest BCUT2D eigenvalue weighted by molar-refractivity contribution is 5.86. The summed E-state index contributed by atoms with van der Waals surface area (Å²) >= 11 is 0. The normalized spacial score (nSPS) is 19.2. The van der Waals surface area contributed by atoms with Gasteiger partial charge < -0.3 is 10.2 Å². The fourth-order valence-electron chi connectivity index (χ4n) is 3.53. The van der Waals surface area contributed by atoms with Crippen molar-refractivity contribution in [2.75, 3.05) is 13.6 Å². The van der Waals surface area contributed by atoms with Crippen LogP contribution in [0.1, 0.15) is 38.8 Å². The van der Waals surface area contributed by atoms with E-state index < -0.39 is 5.54 Å². The number of carbonyl (C=O) groups excluding carboxylic acids is 1. The summed E-state index contributed by atoms with van der Waals surface area (Å²) in [5.41, 5.74) is 0.429. The Kier molecular flexibility index (Phi) is 4.35. The number of hydrogen-bond acceptors (Lipinski definition) is 3.